The number of hydrogen-bond acceptors (Lipinski definition) is 5. The number of fused-ring (bicyclic) bond motifs is 2. The summed E-state index contributed by atoms with van der Waals surface area (Å²) in [5, 5.41) is 2.10. The van der Waals surface area contributed by atoms with Crippen LogP contribution >= 0.6 is 11.8 Å². The molecule has 222 valence electrons. The van der Waals surface area contributed by atoms with Crippen LogP contribution in [-0.2, 0) is 28.2 Å². The number of nitrogens with zero attached hydrogens (tertiary/aromatic N) is 2. The molecule has 1 unspecified atom stereocenters. The molecule has 1 aromatic carbocycles. The van der Waals surface area contributed by atoms with Gasteiger partial charge in [0, 0.05) is 11.0 Å². The SMILES string of the molecule is O=C(NCc1ncc(F)cc1C(F)(F)F)c1ccc2c(c1)C1(CCSCC1)C(C1CC1)N2S(=O)(=O)C1CCCCC1. The molecule has 1 atom stereocenters. The number of sulfonamides is 1. The van der Waals surface area contributed by atoms with Gasteiger partial charge in [0.15, 0.2) is 0 Å². The number of carbonyl (C=O) groups is 1. The van der Waals surface area contributed by atoms with Gasteiger partial charge in [-0.05, 0) is 85.8 Å². The third kappa shape index (κ3) is 5.23. The molecular formula is C29H33F4N3O3S2. The van der Waals surface area contributed by atoms with Gasteiger partial charge in [0.2, 0.25) is 10.0 Å². The number of alkyl halides is 3. The van der Waals surface area contributed by atoms with E-state index in [-0.39, 0.29) is 17.5 Å². The molecule has 0 bridgehead atoms. The van der Waals surface area contributed by atoms with Crippen molar-refractivity contribution in [1.29, 1.82) is 0 Å². The first-order chi connectivity index (χ1) is 19.5. The number of halogens is 4. The lowest BCUT2D eigenvalue weighted by molar-refractivity contribution is -0.138. The minimum absolute atomic E-state index is 0.179. The topological polar surface area (TPSA) is 79.4 Å². The highest BCUT2D eigenvalue weighted by atomic mass is 32.2. The summed E-state index contributed by atoms with van der Waals surface area (Å²) in [5.41, 5.74) is -0.354. The standard InChI is InChI=1S/C29H33F4N3O3S2/c30-20-15-22(29(31,32)33)24(34-16-20)17-35-27(37)19-8-9-25-23(14-19)28(10-12-40-13-11-28)26(18-6-7-18)36(25)41(38,39)21-4-2-1-3-5-21/h8-9,14-16,18,21,26H,1-7,10-13,17H2,(H,35,37). The lowest BCUT2D eigenvalue weighted by atomic mass is 9.70. The zero-order chi connectivity index (χ0) is 29.0. The molecule has 2 aliphatic carbocycles. The molecule has 6 rings (SSSR count). The minimum atomic E-state index is -4.82. The van der Waals surface area contributed by atoms with E-state index in [2.05, 4.69) is 10.3 Å². The Kier molecular flexibility index (Phi) is 7.53. The average molecular weight is 612 g/mol. The molecule has 2 aromatic rings. The van der Waals surface area contributed by atoms with Crippen molar-refractivity contribution in [2.45, 2.75) is 87.2 Å². The van der Waals surface area contributed by atoms with E-state index in [1.54, 1.807) is 22.5 Å². The Morgan fingerprint density at radius 3 is 2.44 bits per heavy atom. The summed E-state index contributed by atoms with van der Waals surface area (Å²) in [7, 11) is -3.63. The number of thioether (sulfide) groups is 1. The Morgan fingerprint density at radius 1 is 1.07 bits per heavy atom. The van der Waals surface area contributed by atoms with Gasteiger partial charge in [0.25, 0.3) is 5.91 Å². The van der Waals surface area contributed by atoms with E-state index in [0.717, 1.165) is 62.0 Å². The highest BCUT2D eigenvalue weighted by molar-refractivity contribution is 7.99. The monoisotopic (exact) mass is 611 g/mol. The number of benzene rings is 1. The second-order valence-electron chi connectivity index (χ2n) is 11.7. The Bertz CT molecular complexity index is 1430. The fourth-order valence-corrected chi connectivity index (χ4v) is 10.7. The van der Waals surface area contributed by atoms with Crippen molar-refractivity contribution >= 4 is 33.4 Å². The van der Waals surface area contributed by atoms with Gasteiger partial charge in [-0.1, -0.05) is 19.3 Å². The summed E-state index contributed by atoms with van der Waals surface area (Å²) in [5.74, 6) is 0.357. The third-order valence-corrected chi connectivity index (χ3v) is 12.5. The number of pyridine rings is 1. The molecule has 1 N–H and O–H groups in total. The van der Waals surface area contributed by atoms with Crippen LogP contribution in [0.1, 0.15) is 85.0 Å². The number of hydrogen-bond donors (Lipinski definition) is 1. The van der Waals surface area contributed by atoms with Gasteiger partial charge in [-0.2, -0.15) is 24.9 Å². The van der Waals surface area contributed by atoms with Crippen molar-refractivity contribution in [3.63, 3.8) is 0 Å². The smallest absolute Gasteiger partial charge is 0.346 e. The maximum atomic E-state index is 14.3. The minimum Gasteiger partial charge on any atom is -0.346 e. The van der Waals surface area contributed by atoms with Crippen molar-refractivity contribution in [2.24, 2.45) is 5.92 Å². The average Bonchev–Trinajstić information content (AvgIpc) is 3.76. The maximum absolute atomic E-state index is 14.3. The highest BCUT2D eigenvalue weighted by Crippen LogP contribution is 2.59. The van der Waals surface area contributed by atoms with E-state index >= 15 is 0 Å². The van der Waals surface area contributed by atoms with Crippen molar-refractivity contribution in [3.8, 4) is 0 Å². The fraction of sp³-hybridized carbons (Fsp3) is 0.586. The highest BCUT2D eigenvalue weighted by Gasteiger charge is 2.60. The summed E-state index contributed by atoms with van der Waals surface area (Å²) >= 11 is 1.85. The molecule has 12 heteroatoms. The van der Waals surface area contributed by atoms with E-state index in [4.69, 9.17) is 0 Å². The molecule has 1 aromatic heterocycles. The van der Waals surface area contributed by atoms with Crippen LogP contribution in [0.5, 0.6) is 0 Å². The summed E-state index contributed by atoms with van der Waals surface area (Å²) in [4.78, 5) is 16.8. The predicted molar refractivity (Wildman–Crippen MR) is 150 cm³/mol. The molecule has 1 spiro atoms. The largest absolute Gasteiger partial charge is 0.418 e. The molecule has 0 radical (unpaired) electrons. The molecule has 3 fully saturated rings. The van der Waals surface area contributed by atoms with Gasteiger partial charge in [-0.15, -0.1) is 0 Å². The second kappa shape index (κ2) is 10.7. The second-order valence-corrected chi connectivity index (χ2v) is 15.0. The lowest BCUT2D eigenvalue weighted by Gasteiger charge is -2.42. The summed E-state index contributed by atoms with van der Waals surface area (Å²) < 4.78 is 84.0. The maximum Gasteiger partial charge on any atom is 0.418 e. The van der Waals surface area contributed by atoms with Gasteiger partial charge >= 0.3 is 6.18 Å². The lowest BCUT2D eigenvalue weighted by Crippen LogP contribution is -2.52. The molecule has 6 nitrogen and oxygen atoms in total. The number of rotatable bonds is 6. The van der Waals surface area contributed by atoms with Crippen molar-refractivity contribution < 1.29 is 30.8 Å². The molecule has 2 aliphatic heterocycles. The Hall–Kier alpha value is -2.34. The van der Waals surface area contributed by atoms with Gasteiger partial charge < -0.3 is 5.32 Å². The van der Waals surface area contributed by atoms with Crippen LogP contribution in [0.25, 0.3) is 0 Å². The van der Waals surface area contributed by atoms with E-state index in [1.807, 2.05) is 11.8 Å². The molecule has 2 saturated carbocycles. The number of amides is 1. The number of carbonyl (C=O) groups excluding carboxylic acids is 1. The van der Waals surface area contributed by atoms with Gasteiger partial charge in [-0.3, -0.25) is 14.1 Å². The number of nitrogens with one attached hydrogen (secondary N) is 1. The quantitative estimate of drug-likeness (QED) is 0.394. The van der Waals surface area contributed by atoms with E-state index in [0.29, 0.717) is 30.8 Å². The molecule has 4 aliphatic rings. The summed E-state index contributed by atoms with van der Waals surface area (Å²) in [6, 6.07) is 5.22. The molecule has 3 heterocycles. The van der Waals surface area contributed by atoms with Crippen LogP contribution in [0, 0.1) is 11.7 Å². The first kappa shape index (κ1) is 28.8. The Labute approximate surface area is 241 Å². The normalized spacial score (nSPS) is 23.0. The van der Waals surface area contributed by atoms with Crippen LogP contribution in [0.4, 0.5) is 23.2 Å². The summed E-state index contributed by atoms with van der Waals surface area (Å²) in [6.45, 7) is -0.528. The fourth-order valence-electron chi connectivity index (χ4n) is 7.10. The van der Waals surface area contributed by atoms with Gasteiger partial charge in [0.1, 0.15) is 5.82 Å². The Morgan fingerprint density at radius 2 is 1.78 bits per heavy atom. The van der Waals surface area contributed by atoms with Crippen LogP contribution in [0.15, 0.2) is 30.5 Å². The van der Waals surface area contributed by atoms with E-state index < -0.39 is 56.4 Å². The molecular weight excluding hydrogens is 578 g/mol. The van der Waals surface area contributed by atoms with Crippen molar-refractivity contribution in [2.75, 3.05) is 15.8 Å². The third-order valence-electron chi connectivity index (χ3n) is 9.21. The summed E-state index contributed by atoms with van der Waals surface area (Å²) in [6.07, 6.45) is 3.61. The Balaban J connectivity index is 1.35. The molecule has 41 heavy (non-hydrogen) atoms. The van der Waals surface area contributed by atoms with E-state index in [9.17, 15) is 30.8 Å². The molecule has 1 amide bonds. The van der Waals surface area contributed by atoms with Crippen LogP contribution < -0.4 is 9.62 Å². The van der Waals surface area contributed by atoms with Crippen LogP contribution in [0.2, 0.25) is 0 Å². The van der Waals surface area contributed by atoms with Gasteiger partial charge in [0.05, 0.1) is 41.0 Å². The zero-order valence-electron chi connectivity index (χ0n) is 22.6. The zero-order valence-corrected chi connectivity index (χ0v) is 24.2. The van der Waals surface area contributed by atoms with Crippen LogP contribution in [0.3, 0.4) is 0 Å². The number of anilines is 1. The van der Waals surface area contributed by atoms with Gasteiger partial charge in [-0.25, -0.2) is 12.8 Å². The van der Waals surface area contributed by atoms with Crippen LogP contribution in [-0.4, -0.2) is 42.1 Å². The predicted octanol–water partition coefficient (Wildman–Crippen LogP) is 6.20. The molecule has 1 saturated heterocycles. The first-order valence-corrected chi connectivity index (χ1v) is 16.9. The number of aromatic nitrogens is 1. The van der Waals surface area contributed by atoms with Crippen molar-refractivity contribution in [3.05, 3.63) is 58.7 Å². The van der Waals surface area contributed by atoms with Crippen molar-refractivity contribution in [1.82, 2.24) is 10.3 Å². The van der Waals surface area contributed by atoms with E-state index in [1.165, 1.54) is 0 Å². The first-order valence-electron chi connectivity index (χ1n) is 14.3.